The Balaban J connectivity index is 2.78. The smallest absolute Gasteiger partial charge is 0.387 e. The first kappa shape index (κ1) is 8.63. The van der Waals surface area contributed by atoms with Gasteiger partial charge in [-0.1, -0.05) is 0 Å². The van der Waals surface area contributed by atoms with Crippen molar-refractivity contribution in [2.75, 3.05) is 0 Å². The molecule has 0 aliphatic carbocycles. The van der Waals surface area contributed by atoms with E-state index in [2.05, 4.69) is 9.72 Å². The Morgan fingerprint density at radius 3 is 2.82 bits per heavy atom. The van der Waals surface area contributed by atoms with E-state index in [1.807, 2.05) is 22.6 Å². The quantitative estimate of drug-likeness (QED) is 0.608. The maximum absolute atomic E-state index is 11.6. The second-order valence-electron chi connectivity index (χ2n) is 1.67. The number of nitrogens with zero attached hydrogens (tertiary/aromatic N) is 1. The van der Waals surface area contributed by atoms with E-state index in [9.17, 15) is 8.78 Å². The van der Waals surface area contributed by atoms with Crippen LogP contribution in [-0.4, -0.2) is 11.6 Å². The van der Waals surface area contributed by atoms with Gasteiger partial charge in [0.25, 0.3) is 0 Å². The van der Waals surface area contributed by atoms with Gasteiger partial charge in [0.05, 0.1) is 0 Å². The molecule has 1 rings (SSSR count). The van der Waals surface area contributed by atoms with Gasteiger partial charge < -0.3 is 4.74 Å². The number of pyridine rings is 1. The summed E-state index contributed by atoms with van der Waals surface area (Å²) in [4.78, 5) is 3.76. The van der Waals surface area contributed by atoms with Crippen LogP contribution in [0.3, 0.4) is 0 Å². The molecule has 0 aliphatic rings. The minimum Gasteiger partial charge on any atom is -0.432 e. The topological polar surface area (TPSA) is 22.1 Å². The van der Waals surface area contributed by atoms with Gasteiger partial charge in [-0.2, -0.15) is 8.78 Å². The molecule has 1 aromatic heterocycles. The van der Waals surface area contributed by atoms with Crippen LogP contribution in [0.5, 0.6) is 5.75 Å². The SMILES string of the molecule is FC(F)Oc1cccnc1I. The van der Waals surface area contributed by atoms with Gasteiger partial charge in [-0.3, -0.25) is 0 Å². The zero-order valence-corrected chi connectivity index (χ0v) is 7.46. The summed E-state index contributed by atoms with van der Waals surface area (Å²) < 4.78 is 27.9. The molecule has 0 fully saturated rings. The second kappa shape index (κ2) is 3.80. The third kappa shape index (κ3) is 2.57. The van der Waals surface area contributed by atoms with E-state index in [-0.39, 0.29) is 5.75 Å². The standard InChI is InChI=1S/C6H4F2INO/c7-6(8)11-4-2-1-3-10-5(4)9/h1-3,6H. The third-order valence-corrected chi connectivity index (χ3v) is 1.75. The number of alkyl halides is 2. The van der Waals surface area contributed by atoms with E-state index < -0.39 is 6.61 Å². The van der Waals surface area contributed by atoms with Crippen LogP contribution in [-0.2, 0) is 0 Å². The first-order chi connectivity index (χ1) is 5.20. The highest BCUT2D eigenvalue weighted by Gasteiger charge is 2.06. The van der Waals surface area contributed by atoms with E-state index >= 15 is 0 Å². The van der Waals surface area contributed by atoms with Crippen LogP contribution in [0, 0.1) is 3.70 Å². The second-order valence-corrected chi connectivity index (χ2v) is 2.69. The summed E-state index contributed by atoms with van der Waals surface area (Å²) in [6, 6.07) is 2.99. The predicted octanol–water partition coefficient (Wildman–Crippen LogP) is 2.29. The summed E-state index contributed by atoms with van der Waals surface area (Å²) in [6.45, 7) is -2.78. The van der Waals surface area contributed by atoms with Crippen molar-refractivity contribution in [3.8, 4) is 5.75 Å². The summed E-state index contributed by atoms with van der Waals surface area (Å²) in [6.07, 6.45) is 1.51. The summed E-state index contributed by atoms with van der Waals surface area (Å²) in [5.41, 5.74) is 0. The fraction of sp³-hybridized carbons (Fsp3) is 0.167. The maximum Gasteiger partial charge on any atom is 0.387 e. The lowest BCUT2D eigenvalue weighted by atomic mass is 10.5. The number of rotatable bonds is 2. The Kier molecular flexibility index (Phi) is 2.98. The monoisotopic (exact) mass is 271 g/mol. The van der Waals surface area contributed by atoms with Crippen LogP contribution < -0.4 is 4.74 Å². The highest BCUT2D eigenvalue weighted by atomic mass is 127. The Morgan fingerprint density at radius 2 is 2.27 bits per heavy atom. The molecule has 0 radical (unpaired) electrons. The highest BCUT2D eigenvalue weighted by Crippen LogP contribution is 2.18. The molecule has 1 heterocycles. The van der Waals surface area contributed by atoms with Gasteiger partial charge >= 0.3 is 6.61 Å². The molecule has 0 unspecified atom stereocenters. The largest absolute Gasteiger partial charge is 0.432 e. The lowest BCUT2D eigenvalue weighted by Gasteiger charge is -2.03. The van der Waals surface area contributed by atoms with E-state index in [4.69, 9.17) is 0 Å². The van der Waals surface area contributed by atoms with Crippen LogP contribution in [0.1, 0.15) is 0 Å². The summed E-state index contributed by atoms with van der Waals surface area (Å²) in [5, 5.41) is 0. The van der Waals surface area contributed by atoms with Gasteiger partial charge in [0.15, 0.2) is 5.75 Å². The number of hydrogen-bond acceptors (Lipinski definition) is 2. The fourth-order valence-corrected chi connectivity index (χ4v) is 1.02. The first-order valence-corrected chi connectivity index (χ1v) is 3.83. The maximum atomic E-state index is 11.6. The molecule has 0 saturated heterocycles. The van der Waals surface area contributed by atoms with Crippen molar-refractivity contribution < 1.29 is 13.5 Å². The van der Waals surface area contributed by atoms with Crippen molar-refractivity contribution in [2.45, 2.75) is 6.61 Å². The molecule has 0 aliphatic heterocycles. The molecular weight excluding hydrogens is 267 g/mol. The normalized spacial score (nSPS) is 10.2. The Bertz CT molecular complexity index is 244. The Morgan fingerprint density at radius 1 is 1.55 bits per heavy atom. The first-order valence-electron chi connectivity index (χ1n) is 2.75. The van der Waals surface area contributed by atoms with Gasteiger partial charge in [-0.05, 0) is 34.7 Å². The summed E-state index contributed by atoms with van der Waals surface area (Å²) >= 11 is 1.82. The molecule has 11 heavy (non-hydrogen) atoms. The fourth-order valence-electron chi connectivity index (χ4n) is 0.555. The van der Waals surface area contributed by atoms with Gasteiger partial charge in [0, 0.05) is 6.20 Å². The predicted molar refractivity (Wildman–Crippen MR) is 43.6 cm³/mol. The average Bonchev–Trinajstić information content (AvgIpc) is 1.93. The highest BCUT2D eigenvalue weighted by molar-refractivity contribution is 14.1. The molecule has 2 nitrogen and oxygen atoms in total. The van der Waals surface area contributed by atoms with Crippen molar-refractivity contribution >= 4 is 22.6 Å². The molecule has 0 aromatic carbocycles. The zero-order chi connectivity index (χ0) is 8.27. The van der Waals surface area contributed by atoms with Crippen LogP contribution in [0.4, 0.5) is 8.78 Å². The number of hydrogen-bond donors (Lipinski definition) is 0. The minimum atomic E-state index is -2.78. The molecule has 1 aromatic rings. The molecule has 0 bridgehead atoms. The van der Waals surface area contributed by atoms with E-state index in [1.165, 1.54) is 12.3 Å². The lowest BCUT2D eigenvalue weighted by molar-refractivity contribution is -0.0507. The molecule has 5 heteroatoms. The van der Waals surface area contributed by atoms with Gasteiger partial charge in [-0.15, -0.1) is 0 Å². The summed E-state index contributed by atoms with van der Waals surface area (Å²) in [7, 11) is 0. The molecule has 0 saturated carbocycles. The van der Waals surface area contributed by atoms with Gasteiger partial charge in [-0.25, -0.2) is 4.98 Å². The van der Waals surface area contributed by atoms with E-state index in [0.717, 1.165) is 0 Å². The Hall–Kier alpha value is -0.460. The van der Waals surface area contributed by atoms with Gasteiger partial charge in [0.1, 0.15) is 3.70 Å². The zero-order valence-electron chi connectivity index (χ0n) is 5.30. The number of halogens is 3. The number of ether oxygens (including phenoxy) is 1. The van der Waals surface area contributed by atoms with Crippen molar-refractivity contribution in [3.05, 3.63) is 22.0 Å². The Labute approximate surface area is 75.7 Å². The van der Waals surface area contributed by atoms with Crippen molar-refractivity contribution in [1.29, 1.82) is 0 Å². The molecule has 0 N–H and O–H groups in total. The molecule has 0 spiro atoms. The molecular formula is C6H4F2INO. The van der Waals surface area contributed by atoms with Crippen molar-refractivity contribution in [2.24, 2.45) is 0 Å². The van der Waals surface area contributed by atoms with E-state index in [0.29, 0.717) is 3.70 Å². The number of aromatic nitrogens is 1. The summed E-state index contributed by atoms with van der Waals surface area (Å²) in [5.74, 6) is 0.114. The van der Waals surface area contributed by atoms with Crippen LogP contribution in [0.25, 0.3) is 0 Å². The van der Waals surface area contributed by atoms with Gasteiger partial charge in [0.2, 0.25) is 0 Å². The van der Waals surface area contributed by atoms with Crippen LogP contribution >= 0.6 is 22.6 Å². The third-order valence-electron chi connectivity index (χ3n) is 0.941. The van der Waals surface area contributed by atoms with Crippen molar-refractivity contribution in [1.82, 2.24) is 4.98 Å². The van der Waals surface area contributed by atoms with E-state index in [1.54, 1.807) is 6.07 Å². The van der Waals surface area contributed by atoms with Crippen LogP contribution in [0.15, 0.2) is 18.3 Å². The average molecular weight is 271 g/mol. The minimum absolute atomic E-state index is 0.114. The molecule has 0 atom stereocenters. The van der Waals surface area contributed by atoms with Crippen LogP contribution in [0.2, 0.25) is 0 Å². The van der Waals surface area contributed by atoms with Crippen molar-refractivity contribution in [3.63, 3.8) is 0 Å². The molecule has 60 valence electrons. The lowest BCUT2D eigenvalue weighted by Crippen LogP contribution is -2.03. The molecule has 0 amide bonds.